The van der Waals surface area contributed by atoms with E-state index < -0.39 is 26.4 Å². The Morgan fingerprint density at radius 3 is 2.85 bits per heavy atom. The Labute approximate surface area is 168 Å². The van der Waals surface area contributed by atoms with E-state index in [-0.39, 0.29) is 28.0 Å². The summed E-state index contributed by atoms with van der Waals surface area (Å²) >= 11 is 0. The molecule has 1 aromatic carbocycles. The first-order chi connectivity index (χ1) is 16.4. The van der Waals surface area contributed by atoms with Crippen LogP contribution in [0, 0.1) is 20.6 Å². The van der Waals surface area contributed by atoms with Crippen molar-refractivity contribution in [2.75, 3.05) is 0 Å². The molecular formula is C23H25N2O+. The topological polar surface area (TPSA) is 29.9 Å². The molecule has 4 aromatic rings. The number of rotatable bonds is 2. The fourth-order valence-electron chi connectivity index (χ4n) is 3.44. The number of furan rings is 1. The average Bonchev–Trinajstić information content (AvgIpc) is 3.10. The largest absolute Gasteiger partial charge is 0.437 e. The van der Waals surface area contributed by atoms with Gasteiger partial charge in [-0.2, -0.15) is 0 Å². The van der Waals surface area contributed by atoms with Crippen LogP contribution in [0.4, 0.5) is 0 Å². The molecule has 0 aliphatic carbocycles. The van der Waals surface area contributed by atoms with Crippen molar-refractivity contribution in [2.45, 2.75) is 40.3 Å². The highest BCUT2D eigenvalue weighted by Gasteiger charge is 2.24. The molecule has 3 heterocycles. The molecule has 0 N–H and O–H groups in total. The zero-order chi connectivity index (χ0) is 27.0. The summed E-state index contributed by atoms with van der Waals surface area (Å²) in [5, 5.41) is 0.860. The summed E-state index contributed by atoms with van der Waals surface area (Å²) in [6.07, 6.45) is 2.83. The maximum Gasteiger partial charge on any atom is 0.227 e. The molecule has 0 fully saturated rings. The predicted molar refractivity (Wildman–Crippen MR) is 106 cm³/mol. The Balaban J connectivity index is 2.18. The SMILES string of the molecule is [2H]C([2H])([2H])c1c[n+](C)c(-c2c(C)cc(C([2H])([2H])[2H])c3c2oc2ncccc23)cc1C([2H])(C)C([2H])([2H])[2H]. The van der Waals surface area contributed by atoms with Gasteiger partial charge in [0.15, 0.2) is 11.8 Å². The second kappa shape index (κ2) is 5.94. The van der Waals surface area contributed by atoms with Crippen LogP contribution in [-0.2, 0) is 7.05 Å². The number of nitrogens with zero attached hydrogens (tertiary/aromatic N) is 2. The van der Waals surface area contributed by atoms with Gasteiger partial charge in [-0.15, -0.1) is 0 Å². The predicted octanol–water partition coefficient (Wildman–Crippen LogP) is 5.52. The Morgan fingerprint density at radius 1 is 1.23 bits per heavy atom. The van der Waals surface area contributed by atoms with Gasteiger partial charge in [-0.05, 0) is 55.3 Å². The molecule has 0 bridgehead atoms. The quantitative estimate of drug-likeness (QED) is 0.443. The van der Waals surface area contributed by atoms with Gasteiger partial charge in [0.2, 0.25) is 11.4 Å². The Hall–Kier alpha value is -2.68. The van der Waals surface area contributed by atoms with Crippen molar-refractivity contribution in [3.63, 3.8) is 0 Å². The molecule has 3 heteroatoms. The molecule has 4 rings (SSSR count). The summed E-state index contributed by atoms with van der Waals surface area (Å²) in [4.78, 5) is 4.23. The van der Waals surface area contributed by atoms with E-state index in [0.717, 1.165) is 0 Å². The molecule has 26 heavy (non-hydrogen) atoms. The second-order valence-electron chi connectivity index (χ2n) is 6.50. The molecule has 0 radical (unpaired) electrons. The van der Waals surface area contributed by atoms with Crippen LogP contribution in [0.5, 0.6) is 0 Å². The van der Waals surface area contributed by atoms with E-state index in [9.17, 15) is 0 Å². The molecule has 3 nitrogen and oxygen atoms in total. The fourth-order valence-corrected chi connectivity index (χ4v) is 3.44. The van der Waals surface area contributed by atoms with Crippen molar-refractivity contribution < 1.29 is 22.7 Å². The zero-order valence-electron chi connectivity index (χ0n) is 24.8. The Bertz CT molecular complexity index is 1490. The van der Waals surface area contributed by atoms with Crippen molar-refractivity contribution >= 4 is 22.1 Å². The number of benzene rings is 1. The summed E-state index contributed by atoms with van der Waals surface area (Å²) in [6.45, 7) is -5.07. The van der Waals surface area contributed by atoms with Gasteiger partial charge >= 0.3 is 0 Å². The molecule has 0 amide bonds. The van der Waals surface area contributed by atoms with Gasteiger partial charge in [0.1, 0.15) is 7.05 Å². The maximum absolute atomic E-state index is 8.66. The first-order valence-corrected chi connectivity index (χ1v) is 8.22. The number of aromatic nitrogens is 2. The Kier molecular flexibility index (Phi) is 2.01. The second-order valence-corrected chi connectivity index (χ2v) is 6.50. The van der Waals surface area contributed by atoms with E-state index in [1.807, 2.05) is 0 Å². The van der Waals surface area contributed by atoms with Crippen LogP contribution in [0.1, 0.15) is 55.6 Å². The average molecular weight is 356 g/mol. The summed E-state index contributed by atoms with van der Waals surface area (Å²) in [5.41, 5.74) is 1.49. The van der Waals surface area contributed by atoms with Crippen LogP contribution < -0.4 is 4.57 Å². The number of hydrogen-bond donors (Lipinski definition) is 0. The van der Waals surface area contributed by atoms with E-state index in [1.54, 1.807) is 26.1 Å². The van der Waals surface area contributed by atoms with Crippen LogP contribution in [0.2, 0.25) is 0 Å². The van der Waals surface area contributed by atoms with E-state index in [4.69, 9.17) is 18.1 Å². The van der Waals surface area contributed by atoms with Crippen LogP contribution in [0.3, 0.4) is 0 Å². The van der Waals surface area contributed by atoms with Gasteiger partial charge in [0, 0.05) is 42.3 Å². The smallest absolute Gasteiger partial charge is 0.227 e. The van der Waals surface area contributed by atoms with Crippen LogP contribution in [0.15, 0.2) is 41.1 Å². The van der Waals surface area contributed by atoms with Crippen molar-refractivity contribution in [1.82, 2.24) is 4.98 Å². The highest BCUT2D eigenvalue weighted by molar-refractivity contribution is 6.10. The minimum atomic E-state index is -2.82. The van der Waals surface area contributed by atoms with Crippen molar-refractivity contribution in [1.29, 1.82) is 0 Å². The number of aryl methyl sites for hydroxylation is 4. The lowest BCUT2D eigenvalue weighted by atomic mass is 9.93. The van der Waals surface area contributed by atoms with Crippen molar-refractivity contribution in [3.8, 4) is 11.3 Å². The molecule has 1 atom stereocenters. The van der Waals surface area contributed by atoms with Gasteiger partial charge < -0.3 is 4.42 Å². The Morgan fingerprint density at radius 2 is 2.08 bits per heavy atom. The van der Waals surface area contributed by atoms with Gasteiger partial charge in [-0.1, -0.05) is 19.8 Å². The van der Waals surface area contributed by atoms with Crippen LogP contribution in [-0.4, -0.2) is 4.98 Å². The minimum absolute atomic E-state index is 0.0836. The molecule has 0 saturated carbocycles. The summed E-state index contributed by atoms with van der Waals surface area (Å²) in [5.74, 6) is -2.24. The standard InChI is InChI=1S/C23H25N2O/c1-13(2)18-11-19(25(6)12-16(18)5)21-15(4)10-14(3)20-17-8-7-9-24-23(17)26-22(20)21/h7-13H,1-6H3/q+1/i1D3,3D3,5D3,13D. The fraction of sp³-hybridized carbons (Fsp3) is 0.304. The number of hydrogen-bond acceptors (Lipinski definition) is 2. The lowest BCUT2D eigenvalue weighted by Crippen LogP contribution is -2.32. The normalized spacial score (nSPS) is 21.2. The maximum atomic E-state index is 8.66. The van der Waals surface area contributed by atoms with Crippen LogP contribution in [0.25, 0.3) is 33.3 Å². The highest BCUT2D eigenvalue weighted by Crippen LogP contribution is 2.38. The van der Waals surface area contributed by atoms with Gasteiger partial charge in [0.05, 0.1) is 5.56 Å². The minimum Gasteiger partial charge on any atom is -0.437 e. The summed E-state index contributed by atoms with van der Waals surface area (Å²) < 4.78 is 88.2. The van der Waals surface area contributed by atoms with Crippen LogP contribution >= 0.6 is 0 Å². The summed E-state index contributed by atoms with van der Waals surface area (Å²) in [7, 11) is 1.61. The third-order valence-corrected chi connectivity index (χ3v) is 4.65. The lowest BCUT2D eigenvalue weighted by molar-refractivity contribution is -0.660. The van der Waals surface area contributed by atoms with Gasteiger partial charge in [0.25, 0.3) is 0 Å². The van der Waals surface area contributed by atoms with Gasteiger partial charge in [-0.25, -0.2) is 9.55 Å². The molecule has 132 valence electrons. The molecule has 1 unspecified atom stereocenters. The number of fused-ring (bicyclic) bond motifs is 3. The zero-order valence-corrected chi connectivity index (χ0v) is 14.8. The van der Waals surface area contributed by atoms with Crippen molar-refractivity contribution in [3.05, 3.63) is 58.9 Å². The first kappa shape index (κ1) is 8.81. The highest BCUT2D eigenvalue weighted by atomic mass is 16.3. The molecule has 0 spiro atoms. The van der Waals surface area contributed by atoms with E-state index in [0.29, 0.717) is 27.6 Å². The third-order valence-electron chi connectivity index (χ3n) is 4.65. The van der Waals surface area contributed by atoms with Crippen molar-refractivity contribution in [2.24, 2.45) is 7.05 Å². The molecule has 0 aliphatic heterocycles. The molecule has 0 saturated heterocycles. The van der Waals surface area contributed by atoms with E-state index in [2.05, 4.69) is 4.98 Å². The molecule has 3 aromatic heterocycles. The number of pyridine rings is 2. The van der Waals surface area contributed by atoms with E-state index >= 15 is 0 Å². The molecule has 0 aliphatic rings. The molecular weight excluding hydrogens is 320 g/mol. The van der Waals surface area contributed by atoms with Gasteiger partial charge in [-0.3, -0.25) is 0 Å². The summed E-state index contributed by atoms with van der Waals surface area (Å²) in [6, 6.07) is 6.30. The van der Waals surface area contributed by atoms with E-state index in [1.165, 1.54) is 36.0 Å². The monoisotopic (exact) mass is 355 g/mol. The lowest BCUT2D eigenvalue weighted by Gasteiger charge is -2.13. The first-order valence-electron chi connectivity index (χ1n) is 13.2. The third kappa shape index (κ3) is 2.42.